The van der Waals surface area contributed by atoms with Gasteiger partial charge in [-0.1, -0.05) is 0 Å². The molecule has 56 valence electrons. The number of nitrogens with one attached hydrogen (secondary N) is 3. The number of nitrogens with two attached hydrogens (primary N) is 1. The van der Waals surface area contributed by atoms with E-state index in [1.54, 1.807) is 0 Å². The number of aromatic amines is 1. The Balaban J connectivity index is 2.15. The van der Waals surface area contributed by atoms with E-state index >= 15 is 0 Å². The number of H-pyrrole nitrogens is 1. The maximum atomic E-state index is 5.05. The molecule has 0 amide bonds. The zero-order valence-electron chi connectivity index (χ0n) is 5.72. The van der Waals surface area contributed by atoms with Crippen molar-refractivity contribution in [3.05, 3.63) is 24.0 Å². The summed E-state index contributed by atoms with van der Waals surface area (Å²) in [6.45, 7) is 1.44. The average molecular weight is 140 g/mol. The van der Waals surface area contributed by atoms with Crippen molar-refractivity contribution in [2.75, 3.05) is 6.67 Å². The molecule has 0 aromatic carbocycles. The van der Waals surface area contributed by atoms with Gasteiger partial charge in [0, 0.05) is 18.4 Å². The van der Waals surface area contributed by atoms with Gasteiger partial charge in [0.2, 0.25) is 0 Å². The summed E-state index contributed by atoms with van der Waals surface area (Å²) in [6.07, 6.45) is 1.90. The van der Waals surface area contributed by atoms with Crippen molar-refractivity contribution in [2.24, 2.45) is 5.84 Å². The highest BCUT2D eigenvalue weighted by atomic mass is 15.3. The monoisotopic (exact) mass is 140 g/mol. The van der Waals surface area contributed by atoms with Crippen molar-refractivity contribution in [1.82, 2.24) is 15.7 Å². The first-order valence-electron chi connectivity index (χ1n) is 3.20. The van der Waals surface area contributed by atoms with Crippen LogP contribution in [0.5, 0.6) is 0 Å². The summed E-state index contributed by atoms with van der Waals surface area (Å²) >= 11 is 0. The second-order valence-corrected chi connectivity index (χ2v) is 2.00. The molecule has 0 saturated heterocycles. The van der Waals surface area contributed by atoms with Crippen LogP contribution >= 0.6 is 0 Å². The third kappa shape index (κ3) is 2.18. The Bertz CT molecular complexity index is 158. The number of hydrogen-bond donors (Lipinski definition) is 4. The van der Waals surface area contributed by atoms with Crippen molar-refractivity contribution in [2.45, 2.75) is 6.54 Å². The Morgan fingerprint density at radius 3 is 3.10 bits per heavy atom. The van der Waals surface area contributed by atoms with Gasteiger partial charge in [0.05, 0.1) is 6.67 Å². The number of hydrazine groups is 1. The third-order valence-corrected chi connectivity index (χ3v) is 1.20. The first-order chi connectivity index (χ1) is 4.93. The molecular formula is C6H12N4. The second-order valence-electron chi connectivity index (χ2n) is 2.00. The van der Waals surface area contributed by atoms with E-state index in [9.17, 15) is 0 Å². The van der Waals surface area contributed by atoms with Crippen LogP contribution in [0.4, 0.5) is 0 Å². The van der Waals surface area contributed by atoms with Crippen LogP contribution in [0.25, 0.3) is 0 Å². The first-order valence-corrected chi connectivity index (χ1v) is 3.20. The van der Waals surface area contributed by atoms with E-state index in [2.05, 4.69) is 15.7 Å². The van der Waals surface area contributed by atoms with Gasteiger partial charge in [-0.15, -0.1) is 0 Å². The van der Waals surface area contributed by atoms with Crippen LogP contribution in [-0.4, -0.2) is 11.7 Å². The Morgan fingerprint density at radius 2 is 2.50 bits per heavy atom. The zero-order valence-corrected chi connectivity index (χ0v) is 5.72. The lowest BCUT2D eigenvalue weighted by molar-refractivity contribution is 0.596. The second kappa shape index (κ2) is 4.05. The highest BCUT2D eigenvalue weighted by Gasteiger charge is 1.88. The molecule has 1 heterocycles. The maximum Gasteiger partial charge on any atom is 0.0590 e. The predicted molar refractivity (Wildman–Crippen MR) is 39.8 cm³/mol. The van der Waals surface area contributed by atoms with Crippen molar-refractivity contribution < 1.29 is 0 Å². The van der Waals surface area contributed by atoms with E-state index < -0.39 is 0 Å². The largest absolute Gasteiger partial charge is 0.364 e. The number of hydrogen-bond acceptors (Lipinski definition) is 3. The van der Waals surface area contributed by atoms with Gasteiger partial charge < -0.3 is 4.98 Å². The van der Waals surface area contributed by atoms with Crippen molar-refractivity contribution in [3.63, 3.8) is 0 Å². The molecule has 10 heavy (non-hydrogen) atoms. The van der Waals surface area contributed by atoms with Crippen LogP contribution < -0.4 is 16.6 Å². The summed E-state index contributed by atoms with van der Waals surface area (Å²) in [7, 11) is 0. The molecule has 0 radical (unpaired) electrons. The van der Waals surface area contributed by atoms with Crippen LogP contribution in [0.3, 0.4) is 0 Å². The molecule has 1 aromatic rings. The number of rotatable bonds is 4. The molecule has 1 aromatic heterocycles. The Labute approximate surface area is 59.8 Å². The molecule has 0 atom stereocenters. The molecule has 0 bridgehead atoms. The Kier molecular flexibility index (Phi) is 2.95. The maximum absolute atomic E-state index is 5.05. The van der Waals surface area contributed by atoms with Gasteiger partial charge >= 0.3 is 0 Å². The molecule has 0 spiro atoms. The smallest absolute Gasteiger partial charge is 0.0590 e. The highest BCUT2D eigenvalue weighted by Crippen LogP contribution is 1.91. The quantitative estimate of drug-likeness (QED) is 0.198. The van der Waals surface area contributed by atoms with Crippen LogP contribution in [0.15, 0.2) is 18.3 Å². The van der Waals surface area contributed by atoms with Gasteiger partial charge in [0.25, 0.3) is 0 Å². The molecular weight excluding hydrogens is 128 g/mol. The molecule has 4 nitrogen and oxygen atoms in total. The molecule has 0 unspecified atom stereocenters. The van der Waals surface area contributed by atoms with E-state index in [-0.39, 0.29) is 0 Å². The van der Waals surface area contributed by atoms with Gasteiger partial charge in [0.15, 0.2) is 0 Å². The van der Waals surface area contributed by atoms with Crippen LogP contribution in [0, 0.1) is 0 Å². The third-order valence-electron chi connectivity index (χ3n) is 1.20. The molecule has 4 heteroatoms. The molecule has 0 aliphatic rings. The lowest BCUT2D eigenvalue weighted by Crippen LogP contribution is -2.33. The highest BCUT2D eigenvalue weighted by molar-refractivity contribution is 5.02. The van der Waals surface area contributed by atoms with Gasteiger partial charge in [-0.05, 0) is 12.1 Å². The summed E-state index contributed by atoms with van der Waals surface area (Å²) in [6, 6.07) is 3.98. The summed E-state index contributed by atoms with van der Waals surface area (Å²) in [4.78, 5) is 3.06. The van der Waals surface area contributed by atoms with Gasteiger partial charge in [0.1, 0.15) is 0 Å². The summed E-state index contributed by atoms with van der Waals surface area (Å²) < 4.78 is 0. The Hall–Kier alpha value is -0.840. The lowest BCUT2D eigenvalue weighted by Gasteiger charge is -1.99. The van der Waals surface area contributed by atoms with E-state index in [0.29, 0.717) is 6.67 Å². The fourth-order valence-electron chi connectivity index (χ4n) is 0.747. The van der Waals surface area contributed by atoms with Crippen molar-refractivity contribution in [3.8, 4) is 0 Å². The minimum atomic E-state index is 0.624. The van der Waals surface area contributed by atoms with Gasteiger partial charge in [-0.3, -0.25) is 11.2 Å². The summed E-state index contributed by atoms with van der Waals surface area (Å²) in [5, 5.41) is 3.07. The van der Waals surface area contributed by atoms with Crippen LogP contribution in [0.2, 0.25) is 0 Å². The van der Waals surface area contributed by atoms with E-state index in [4.69, 9.17) is 5.84 Å². The van der Waals surface area contributed by atoms with Gasteiger partial charge in [-0.2, -0.15) is 0 Å². The molecule has 0 fully saturated rings. The fourth-order valence-corrected chi connectivity index (χ4v) is 0.747. The summed E-state index contributed by atoms with van der Waals surface area (Å²) in [5.41, 5.74) is 3.67. The van der Waals surface area contributed by atoms with Crippen LogP contribution in [0.1, 0.15) is 5.69 Å². The minimum absolute atomic E-state index is 0.624. The molecule has 0 saturated carbocycles. The molecule has 5 N–H and O–H groups in total. The topological polar surface area (TPSA) is 65.9 Å². The lowest BCUT2D eigenvalue weighted by atomic mass is 10.4. The minimum Gasteiger partial charge on any atom is -0.364 e. The fraction of sp³-hybridized carbons (Fsp3) is 0.333. The Morgan fingerprint density at radius 1 is 1.60 bits per heavy atom. The first kappa shape index (κ1) is 7.27. The molecule has 1 rings (SSSR count). The van der Waals surface area contributed by atoms with E-state index in [1.807, 2.05) is 18.3 Å². The number of aromatic nitrogens is 1. The molecule has 0 aliphatic carbocycles. The predicted octanol–water partition coefficient (Wildman–Crippen LogP) is -0.475. The van der Waals surface area contributed by atoms with Crippen molar-refractivity contribution >= 4 is 0 Å². The summed E-state index contributed by atoms with van der Waals surface area (Å²) in [5.74, 6) is 5.05. The SMILES string of the molecule is NNCNCc1ccc[nH]1. The molecule has 0 aliphatic heterocycles. The standard InChI is InChI=1S/C6H12N4/c7-10-5-8-4-6-2-1-3-9-6/h1-3,8-10H,4-5,7H2. The van der Waals surface area contributed by atoms with Crippen LogP contribution in [-0.2, 0) is 6.54 Å². The zero-order chi connectivity index (χ0) is 7.23. The van der Waals surface area contributed by atoms with E-state index in [1.165, 1.54) is 0 Å². The average Bonchev–Trinajstić information content (AvgIpc) is 2.41. The van der Waals surface area contributed by atoms with E-state index in [0.717, 1.165) is 12.2 Å². The normalized spacial score (nSPS) is 10.1. The van der Waals surface area contributed by atoms with Gasteiger partial charge in [-0.25, -0.2) is 5.43 Å². The van der Waals surface area contributed by atoms with Crippen molar-refractivity contribution in [1.29, 1.82) is 0 Å².